The molecule has 0 saturated carbocycles. The average molecular weight is 406 g/mol. The van der Waals surface area contributed by atoms with Gasteiger partial charge in [-0.3, -0.25) is 9.69 Å². The number of nitrogens with zero attached hydrogens (tertiary/aromatic N) is 2. The maximum atomic E-state index is 14.7. The largest absolute Gasteiger partial charge is 0.454 e. The van der Waals surface area contributed by atoms with Gasteiger partial charge in [0.1, 0.15) is 23.4 Å². The molecule has 1 unspecified atom stereocenters. The number of carbonyl (C=O) groups excluding carboxylic acids is 1. The normalized spacial score (nSPS) is 19.4. The van der Waals surface area contributed by atoms with Crippen LogP contribution in [0.15, 0.2) is 36.4 Å². The van der Waals surface area contributed by atoms with Crippen molar-refractivity contribution in [3.05, 3.63) is 47.2 Å². The smallest absolute Gasteiger partial charge is 0.256 e. The lowest BCUT2D eigenvalue weighted by Gasteiger charge is -2.27. The lowest BCUT2D eigenvalue weighted by atomic mass is 10.0. The first-order valence-corrected chi connectivity index (χ1v) is 9.42. The first kappa shape index (κ1) is 18.0. The van der Waals surface area contributed by atoms with Crippen LogP contribution in [0.2, 0.25) is 5.02 Å². The Hall–Kier alpha value is -2.38. The minimum Gasteiger partial charge on any atom is -0.454 e. The molecular formula is C19H17ClFN3O2S. The van der Waals surface area contributed by atoms with Crippen LogP contribution in [-0.2, 0) is 4.79 Å². The standard InChI is InChI=1S/C19H17ClFN3O2S/c20-11-9-12(21)15(10-17(11)26-16-7-2-1-5-13(16)22)24-18(25)14-6-3-4-8-23(14)19(24)27/h1-2,5,7,9-10,14H,3-4,6,8,22H2. The van der Waals surface area contributed by atoms with E-state index in [4.69, 9.17) is 34.3 Å². The Morgan fingerprint density at radius 1 is 1.22 bits per heavy atom. The van der Waals surface area contributed by atoms with Gasteiger partial charge in [0, 0.05) is 12.6 Å². The number of anilines is 2. The van der Waals surface area contributed by atoms with Gasteiger partial charge in [-0.05, 0) is 49.7 Å². The minimum atomic E-state index is -0.635. The molecule has 0 spiro atoms. The molecule has 1 atom stereocenters. The fourth-order valence-corrected chi connectivity index (χ4v) is 4.07. The van der Waals surface area contributed by atoms with Crippen molar-refractivity contribution >= 4 is 46.2 Å². The fourth-order valence-electron chi connectivity index (χ4n) is 3.47. The van der Waals surface area contributed by atoms with Crippen LogP contribution < -0.4 is 15.4 Å². The van der Waals surface area contributed by atoms with E-state index in [1.807, 2.05) is 4.90 Å². The highest BCUT2D eigenvalue weighted by Gasteiger charge is 2.45. The third-order valence-corrected chi connectivity index (χ3v) is 5.54. The number of carbonyl (C=O) groups is 1. The lowest BCUT2D eigenvalue weighted by molar-refractivity contribution is -0.120. The Kier molecular flexibility index (Phi) is 4.65. The molecule has 2 aliphatic heterocycles. The van der Waals surface area contributed by atoms with E-state index in [1.165, 1.54) is 11.0 Å². The fraction of sp³-hybridized carbons (Fsp3) is 0.263. The van der Waals surface area contributed by atoms with Gasteiger partial charge in [0.15, 0.2) is 5.11 Å². The number of benzene rings is 2. The summed E-state index contributed by atoms with van der Waals surface area (Å²) in [5, 5.41) is 0.394. The molecule has 0 aromatic heterocycles. The van der Waals surface area contributed by atoms with Crippen LogP contribution in [0.3, 0.4) is 0 Å². The van der Waals surface area contributed by atoms with E-state index in [1.54, 1.807) is 24.3 Å². The number of rotatable bonds is 3. The predicted octanol–water partition coefficient (Wildman–Crippen LogP) is 4.34. The summed E-state index contributed by atoms with van der Waals surface area (Å²) >= 11 is 11.6. The molecule has 0 radical (unpaired) electrons. The zero-order valence-electron chi connectivity index (χ0n) is 14.3. The van der Waals surface area contributed by atoms with E-state index in [0.717, 1.165) is 18.9 Å². The van der Waals surface area contributed by atoms with Crippen molar-refractivity contribution in [3.63, 3.8) is 0 Å². The van der Waals surface area contributed by atoms with Gasteiger partial charge in [-0.2, -0.15) is 0 Å². The van der Waals surface area contributed by atoms with Crippen LogP contribution in [0.1, 0.15) is 19.3 Å². The molecule has 2 saturated heterocycles. The first-order chi connectivity index (χ1) is 13.0. The number of hydrogen-bond acceptors (Lipinski definition) is 4. The zero-order valence-corrected chi connectivity index (χ0v) is 15.9. The van der Waals surface area contributed by atoms with Crippen LogP contribution in [0.25, 0.3) is 0 Å². The van der Waals surface area contributed by atoms with Crippen molar-refractivity contribution in [1.82, 2.24) is 4.90 Å². The number of amides is 1. The summed E-state index contributed by atoms with van der Waals surface area (Å²) in [6, 6.07) is 9.10. The van der Waals surface area contributed by atoms with E-state index in [-0.39, 0.29) is 28.4 Å². The molecule has 2 aromatic carbocycles. The van der Waals surface area contributed by atoms with E-state index in [2.05, 4.69) is 0 Å². The van der Waals surface area contributed by atoms with Crippen molar-refractivity contribution < 1.29 is 13.9 Å². The number of thiocarbonyl (C=S) groups is 1. The number of nitrogen functional groups attached to an aromatic ring is 1. The molecule has 8 heteroatoms. The Morgan fingerprint density at radius 2 is 2.00 bits per heavy atom. The SMILES string of the molecule is Nc1ccccc1Oc1cc(N2C(=O)C3CCCCN3C2=S)c(F)cc1Cl. The summed E-state index contributed by atoms with van der Waals surface area (Å²) < 4.78 is 20.5. The van der Waals surface area contributed by atoms with E-state index >= 15 is 0 Å². The number of nitrogens with two attached hydrogens (primary N) is 1. The average Bonchev–Trinajstić information content (AvgIpc) is 2.91. The number of hydrogen-bond donors (Lipinski definition) is 1. The second-order valence-electron chi connectivity index (χ2n) is 6.54. The minimum absolute atomic E-state index is 0.0355. The third kappa shape index (κ3) is 3.11. The molecule has 2 aliphatic rings. The summed E-state index contributed by atoms with van der Waals surface area (Å²) in [5.74, 6) is -0.258. The van der Waals surface area contributed by atoms with Crippen molar-refractivity contribution in [2.24, 2.45) is 0 Å². The Balaban J connectivity index is 1.72. The van der Waals surface area contributed by atoms with Gasteiger partial charge < -0.3 is 15.4 Å². The van der Waals surface area contributed by atoms with Crippen LogP contribution in [0.5, 0.6) is 11.5 Å². The lowest BCUT2D eigenvalue weighted by Crippen LogP contribution is -2.38. The quantitative estimate of drug-likeness (QED) is 0.608. The van der Waals surface area contributed by atoms with Crippen molar-refractivity contribution in [2.75, 3.05) is 17.2 Å². The maximum Gasteiger partial charge on any atom is 0.256 e. The number of piperidine rings is 1. The summed E-state index contributed by atoms with van der Waals surface area (Å²) in [6.45, 7) is 0.699. The summed E-state index contributed by atoms with van der Waals surface area (Å²) in [4.78, 5) is 16.0. The molecule has 5 nitrogen and oxygen atoms in total. The molecule has 1 amide bonds. The van der Waals surface area contributed by atoms with Gasteiger partial charge in [0.2, 0.25) is 0 Å². The second-order valence-corrected chi connectivity index (χ2v) is 7.31. The summed E-state index contributed by atoms with van der Waals surface area (Å²) in [7, 11) is 0. The molecule has 2 N–H and O–H groups in total. The highest BCUT2D eigenvalue weighted by molar-refractivity contribution is 7.80. The van der Waals surface area contributed by atoms with Crippen molar-refractivity contribution in [3.8, 4) is 11.5 Å². The molecule has 140 valence electrons. The Morgan fingerprint density at radius 3 is 2.74 bits per heavy atom. The summed E-state index contributed by atoms with van der Waals surface area (Å²) in [5.41, 5.74) is 6.35. The van der Waals surface area contributed by atoms with E-state index in [9.17, 15) is 9.18 Å². The molecular weight excluding hydrogens is 389 g/mol. The highest BCUT2D eigenvalue weighted by Crippen LogP contribution is 2.39. The third-order valence-electron chi connectivity index (χ3n) is 4.83. The van der Waals surface area contributed by atoms with Gasteiger partial charge in [-0.1, -0.05) is 23.7 Å². The van der Waals surface area contributed by atoms with E-state index < -0.39 is 5.82 Å². The molecule has 4 rings (SSSR count). The van der Waals surface area contributed by atoms with Crippen molar-refractivity contribution in [1.29, 1.82) is 0 Å². The van der Waals surface area contributed by atoms with Gasteiger partial charge in [0.05, 0.1) is 16.4 Å². The monoisotopic (exact) mass is 405 g/mol. The van der Waals surface area contributed by atoms with Crippen LogP contribution in [0, 0.1) is 5.82 Å². The zero-order chi connectivity index (χ0) is 19.1. The van der Waals surface area contributed by atoms with Gasteiger partial charge in [-0.25, -0.2) is 4.39 Å². The highest BCUT2D eigenvalue weighted by atomic mass is 35.5. The van der Waals surface area contributed by atoms with Crippen molar-refractivity contribution in [2.45, 2.75) is 25.3 Å². The second kappa shape index (κ2) is 6.98. The predicted molar refractivity (Wildman–Crippen MR) is 107 cm³/mol. The maximum absolute atomic E-state index is 14.7. The number of fused-ring (bicyclic) bond motifs is 1. The van der Waals surface area contributed by atoms with Crippen LogP contribution >= 0.6 is 23.8 Å². The first-order valence-electron chi connectivity index (χ1n) is 8.63. The molecule has 0 aliphatic carbocycles. The Labute approximate surface area is 166 Å². The molecule has 2 fully saturated rings. The summed E-state index contributed by atoms with van der Waals surface area (Å²) in [6.07, 6.45) is 2.63. The van der Waals surface area contributed by atoms with Gasteiger partial charge >= 0.3 is 0 Å². The van der Waals surface area contributed by atoms with Gasteiger partial charge in [0.25, 0.3) is 5.91 Å². The molecule has 2 aromatic rings. The molecule has 0 bridgehead atoms. The van der Waals surface area contributed by atoms with Crippen LogP contribution in [0.4, 0.5) is 15.8 Å². The molecule has 27 heavy (non-hydrogen) atoms. The topological polar surface area (TPSA) is 58.8 Å². The van der Waals surface area contributed by atoms with Crippen LogP contribution in [-0.4, -0.2) is 28.5 Å². The number of ether oxygens (including phenoxy) is 1. The molecule has 2 heterocycles. The Bertz CT molecular complexity index is 915. The van der Waals surface area contributed by atoms with E-state index in [0.29, 0.717) is 29.5 Å². The number of para-hydroxylation sites is 2. The number of halogens is 2. The van der Waals surface area contributed by atoms with Gasteiger partial charge in [-0.15, -0.1) is 0 Å².